The van der Waals surface area contributed by atoms with Crippen LogP contribution in [0.4, 0.5) is 0 Å². The van der Waals surface area contributed by atoms with Gasteiger partial charge in [-0.05, 0) is 70.2 Å². The lowest BCUT2D eigenvalue weighted by molar-refractivity contribution is 0.0714. The predicted molar refractivity (Wildman–Crippen MR) is 89.8 cm³/mol. The highest BCUT2D eigenvalue weighted by atomic mass is 28.4. The standard InChI is InChI=1S/C17H30O3Si/c1-7-18-21(19-8-2,20-9-3)13-12-17-11-10-14(4)15(5)16(17)6/h10-11H,7-9,12-13H2,1-6H3. The lowest BCUT2D eigenvalue weighted by Gasteiger charge is -2.28. The Bertz CT molecular complexity index is 429. The first-order valence-corrected chi connectivity index (χ1v) is 9.90. The van der Waals surface area contributed by atoms with Crippen molar-refractivity contribution in [3.63, 3.8) is 0 Å². The van der Waals surface area contributed by atoms with Gasteiger partial charge in [0.2, 0.25) is 0 Å². The third kappa shape index (κ3) is 4.92. The number of hydrogen-bond acceptors (Lipinski definition) is 3. The molecule has 0 atom stereocenters. The topological polar surface area (TPSA) is 27.7 Å². The summed E-state index contributed by atoms with van der Waals surface area (Å²) < 4.78 is 17.8. The van der Waals surface area contributed by atoms with E-state index in [2.05, 4.69) is 32.9 Å². The number of benzene rings is 1. The van der Waals surface area contributed by atoms with Gasteiger partial charge < -0.3 is 13.3 Å². The molecule has 0 bridgehead atoms. The van der Waals surface area contributed by atoms with E-state index in [0.717, 1.165) is 12.5 Å². The van der Waals surface area contributed by atoms with E-state index in [1.54, 1.807) is 0 Å². The smallest absolute Gasteiger partial charge is 0.374 e. The van der Waals surface area contributed by atoms with Gasteiger partial charge >= 0.3 is 8.80 Å². The summed E-state index contributed by atoms with van der Waals surface area (Å²) in [6, 6.07) is 5.26. The largest absolute Gasteiger partial charge is 0.501 e. The number of rotatable bonds is 9. The quantitative estimate of drug-likeness (QED) is 0.640. The normalized spacial score (nSPS) is 11.9. The van der Waals surface area contributed by atoms with Gasteiger partial charge in [-0.25, -0.2) is 0 Å². The van der Waals surface area contributed by atoms with Crippen molar-refractivity contribution in [1.29, 1.82) is 0 Å². The first-order valence-electron chi connectivity index (χ1n) is 7.97. The first-order chi connectivity index (χ1) is 9.99. The van der Waals surface area contributed by atoms with Crippen LogP contribution in [0.15, 0.2) is 12.1 Å². The molecule has 120 valence electrons. The minimum absolute atomic E-state index is 0.637. The number of hydrogen-bond donors (Lipinski definition) is 0. The molecule has 0 aromatic heterocycles. The molecular weight excluding hydrogens is 280 g/mol. The molecule has 0 heterocycles. The van der Waals surface area contributed by atoms with Crippen LogP contribution in [0.2, 0.25) is 6.04 Å². The zero-order valence-electron chi connectivity index (χ0n) is 14.4. The Morgan fingerprint density at radius 2 is 1.33 bits per heavy atom. The van der Waals surface area contributed by atoms with Gasteiger partial charge in [0.15, 0.2) is 0 Å². The lowest BCUT2D eigenvalue weighted by Crippen LogP contribution is -2.46. The molecule has 0 aliphatic rings. The van der Waals surface area contributed by atoms with Crippen molar-refractivity contribution in [2.24, 2.45) is 0 Å². The molecule has 4 heteroatoms. The number of aryl methyl sites for hydroxylation is 2. The van der Waals surface area contributed by atoms with Crippen LogP contribution < -0.4 is 0 Å². The van der Waals surface area contributed by atoms with Crippen molar-refractivity contribution in [3.8, 4) is 0 Å². The Morgan fingerprint density at radius 3 is 1.81 bits per heavy atom. The van der Waals surface area contributed by atoms with Gasteiger partial charge in [0.05, 0.1) is 0 Å². The SMILES string of the molecule is CCO[Si](CCc1ccc(C)c(C)c1C)(OCC)OCC. The second-order valence-corrected chi connectivity index (χ2v) is 8.01. The fourth-order valence-corrected chi connectivity index (χ4v) is 5.15. The first kappa shape index (κ1) is 18.4. The van der Waals surface area contributed by atoms with E-state index >= 15 is 0 Å². The second-order valence-electron chi connectivity index (χ2n) is 5.27. The van der Waals surface area contributed by atoms with Crippen LogP contribution in [-0.4, -0.2) is 28.6 Å². The molecule has 0 N–H and O–H groups in total. The summed E-state index contributed by atoms with van der Waals surface area (Å²) in [5.74, 6) is 0. The van der Waals surface area contributed by atoms with Crippen molar-refractivity contribution in [2.75, 3.05) is 19.8 Å². The maximum atomic E-state index is 5.92. The third-order valence-corrected chi connectivity index (χ3v) is 7.01. The lowest BCUT2D eigenvalue weighted by atomic mass is 9.97. The molecule has 0 unspecified atom stereocenters. The van der Waals surface area contributed by atoms with Gasteiger partial charge in [-0.1, -0.05) is 12.1 Å². The summed E-state index contributed by atoms with van der Waals surface area (Å²) in [6.45, 7) is 14.5. The van der Waals surface area contributed by atoms with Gasteiger partial charge in [-0.2, -0.15) is 0 Å². The summed E-state index contributed by atoms with van der Waals surface area (Å²) in [6.07, 6.45) is 0.944. The Kier molecular flexibility index (Phi) is 7.60. The molecule has 0 saturated heterocycles. The molecule has 0 saturated carbocycles. The van der Waals surface area contributed by atoms with Gasteiger partial charge in [0.25, 0.3) is 0 Å². The summed E-state index contributed by atoms with van der Waals surface area (Å²) in [4.78, 5) is 0. The van der Waals surface area contributed by atoms with Crippen molar-refractivity contribution < 1.29 is 13.3 Å². The van der Waals surface area contributed by atoms with Gasteiger partial charge in [0.1, 0.15) is 0 Å². The Hall–Kier alpha value is -0.683. The van der Waals surface area contributed by atoms with E-state index in [1.165, 1.54) is 22.3 Å². The van der Waals surface area contributed by atoms with Gasteiger partial charge in [-0.3, -0.25) is 0 Å². The van der Waals surface area contributed by atoms with Crippen LogP contribution in [0.25, 0.3) is 0 Å². The predicted octanol–water partition coefficient (Wildman–Crippen LogP) is 4.20. The molecule has 0 aliphatic carbocycles. The Balaban J connectivity index is 2.87. The molecular formula is C17H30O3Si. The van der Waals surface area contributed by atoms with Gasteiger partial charge in [-0.15, -0.1) is 0 Å². The van der Waals surface area contributed by atoms with Crippen LogP contribution >= 0.6 is 0 Å². The Morgan fingerprint density at radius 1 is 0.810 bits per heavy atom. The highest BCUT2D eigenvalue weighted by molar-refractivity contribution is 6.60. The Labute approximate surface area is 131 Å². The van der Waals surface area contributed by atoms with Crippen molar-refractivity contribution in [3.05, 3.63) is 34.4 Å². The summed E-state index contributed by atoms with van der Waals surface area (Å²) >= 11 is 0. The minimum atomic E-state index is -2.53. The van der Waals surface area contributed by atoms with Crippen LogP contribution in [0.5, 0.6) is 0 Å². The molecule has 0 amide bonds. The van der Waals surface area contributed by atoms with Gasteiger partial charge in [0, 0.05) is 25.9 Å². The maximum Gasteiger partial charge on any atom is 0.501 e. The molecule has 1 aromatic carbocycles. The zero-order chi connectivity index (χ0) is 15.9. The van der Waals surface area contributed by atoms with E-state index in [9.17, 15) is 0 Å². The zero-order valence-corrected chi connectivity index (χ0v) is 15.4. The van der Waals surface area contributed by atoms with Crippen LogP contribution in [-0.2, 0) is 19.7 Å². The van der Waals surface area contributed by atoms with Crippen molar-refractivity contribution >= 4 is 8.80 Å². The van der Waals surface area contributed by atoms with E-state index in [1.807, 2.05) is 20.8 Å². The van der Waals surface area contributed by atoms with E-state index in [-0.39, 0.29) is 0 Å². The molecule has 0 spiro atoms. The maximum absolute atomic E-state index is 5.92. The average molecular weight is 311 g/mol. The molecule has 0 radical (unpaired) electrons. The molecule has 1 rings (SSSR count). The second kappa shape index (κ2) is 8.69. The highest BCUT2D eigenvalue weighted by Gasteiger charge is 2.39. The summed E-state index contributed by atoms with van der Waals surface area (Å²) in [5, 5.41) is 0. The van der Waals surface area contributed by atoms with Crippen molar-refractivity contribution in [1.82, 2.24) is 0 Å². The van der Waals surface area contributed by atoms with Crippen LogP contribution in [0.3, 0.4) is 0 Å². The van der Waals surface area contributed by atoms with E-state index in [4.69, 9.17) is 13.3 Å². The molecule has 0 aliphatic heterocycles. The minimum Gasteiger partial charge on any atom is -0.374 e. The molecule has 0 fully saturated rings. The monoisotopic (exact) mass is 310 g/mol. The molecule has 21 heavy (non-hydrogen) atoms. The fraction of sp³-hybridized carbons (Fsp3) is 0.647. The molecule has 3 nitrogen and oxygen atoms in total. The van der Waals surface area contributed by atoms with E-state index < -0.39 is 8.80 Å². The molecule has 1 aromatic rings. The third-order valence-electron chi connectivity index (χ3n) is 3.96. The van der Waals surface area contributed by atoms with Crippen LogP contribution in [0.1, 0.15) is 43.0 Å². The fourth-order valence-electron chi connectivity index (χ4n) is 2.57. The van der Waals surface area contributed by atoms with Crippen molar-refractivity contribution in [2.45, 2.75) is 54.0 Å². The summed E-state index contributed by atoms with van der Waals surface area (Å²) in [7, 11) is -2.53. The van der Waals surface area contributed by atoms with Crippen LogP contribution in [0, 0.1) is 20.8 Å². The van der Waals surface area contributed by atoms with E-state index in [0.29, 0.717) is 19.8 Å². The summed E-state index contributed by atoms with van der Waals surface area (Å²) in [5.41, 5.74) is 5.47. The highest BCUT2D eigenvalue weighted by Crippen LogP contribution is 2.23. The average Bonchev–Trinajstić information content (AvgIpc) is 2.45.